The van der Waals surface area contributed by atoms with Gasteiger partial charge in [-0.25, -0.2) is 4.90 Å². The van der Waals surface area contributed by atoms with E-state index in [0.29, 0.717) is 33.0 Å². The number of hydrogen-bond donors (Lipinski definition) is 1. The predicted molar refractivity (Wildman–Crippen MR) is 152 cm³/mol. The van der Waals surface area contributed by atoms with Gasteiger partial charge in [-0.3, -0.25) is 24.1 Å². The minimum Gasteiger partial charge on any atom is -0.507 e. The zero-order valence-corrected chi connectivity index (χ0v) is 24.6. The first-order valence-corrected chi connectivity index (χ1v) is 14.2. The zero-order valence-electron chi connectivity index (χ0n) is 22.3. The molecule has 2 heterocycles. The third-order valence-corrected chi connectivity index (χ3v) is 11.1. The second-order valence-electron chi connectivity index (χ2n) is 11.4. The van der Waals surface area contributed by atoms with Crippen molar-refractivity contribution in [2.45, 2.75) is 49.3 Å². The number of carbonyl (C=O) groups excluding carboxylic acids is 4. The number of alkyl halides is 2. The molecule has 4 amide bonds. The van der Waals surface area contributed by atoms with Crippen LogP contribution in [-0.4, -0.2) is 50.4 Å². The quantitative estimate of drug-likeness (QED) is 0.291. The van der Waals surface area contributed by atoms with E-state index in [1.807, 2.05) is 13.0 Å². The normalized spacial score (nSPS) is 33.2. The van der Waals surface area contributed by atoms with Crippen LogP contribution in [0.3, 0.4) is 0 Å². The highest BCUT2D eigenvalue weighted by Gasteiger charge is 2.75. The van der Waals surface area contributed by atoms with Crippen LogP contribution in [0, 0.1) is 38.5 Å². The van der Waals surface area contributed by atoms with Crippen LogP contribution in [0.2, 0.25) is 5.02 Å². The van der Waals surface area contributed by atoms with Crippen molar-refractivity contribution >= 4 is 64.1 Å². The molecule has 2 aromatic rings. The van der Waals surface area contributed by atoms with E-state index in [9.17, 15) is 24.3 Å². The highest BCUT2D eigenvalue weighted by molar-refractivity contribution is 6.53. The van der Waals surface area contributed by atoms with Gasteiger partial charge in [-0.1, -0.05) is 41.4 Å². The van der Waals surface area contributed by atoms with Gasteiger partial charge in [0.25, 0.3) is 11.8 Å². The molecule has 3 fully saturated rings. The molecule has 40 heavy (non-hydrogen) atoms. The number of aryl methyl sites for hydroxylation is 3. The van der Waals surface area contributed by atoms with Crippen LogP contribution in [0.4, 0.5) is 5.69 Å². The Labute approximate surface area is 246 Å². The van der Waals surface area contributed by atoms with Gasteiger partial charge in [0.05, 0.1) is 17.5 Å². The van der Waals surface area contributed by atoms with Gasteiger partial charge in [0, 0.05) is 18.0 Å². The van der Waals surface area contributed by atoms with Gasteiger partial charge in [-0.2, -0.15) is 0 Å². The van der Waals surface area contributed by atoms with Crippen LogP contribution in [0.5, 0.6) is 5.75 Å². The lowest BCUT2D eigenvalue weighted by Crippen LogP contribution is -2.60. The van der Waals surface area contributed by atoms with Crippen molar-refractivity contribution in [3.8, 4) is 5.75 Å². The number of allylic oxidation sites excluding steroid dienone is 2. The summed E-state index contributed by atoms with van der Waals surface area (Å²) in [5.41, 5.74) is 3.67. The van der Waals surface area contributed by atoms with Crippen LogP contribution in [0.1, 0.15) is 41.0 Å². The Balaban J connectivity index is 1.53. The first-order valence-electron chi connectivity index (χ1n) is 13.1. The summed E-state index contributed by atoms with van der Waals surface area (Å²) in [6.45, 7) is 5.31. The molecule has 7 nitrogen and oxygen atoms in total. The fraction of sp³-hybridized carbons (Fsp3) is 0.400. The van der Waals surface area contributed by atoms with E-state index in [4.69, 9.17) is 34.8 Å². The SMILES string of the molecule is Cc1ccc(N2C(=O)C3CC=C4C(CC5(Cl)C(=O)N(C)C(=O)C5(Cl)C4c4cc(C)c(O)c(C)c4)C3C2=O)cc1Cl. The van der Waals surface area contributed by atoms with Gasteiger partial charge in [-0.15, -0.1) is 23.2 Å². The number of likely N-dealkylation sites (tertiary alicyclic amines) is 1. The molecule has 4 aliphatic rings. The average molecular weight is 602 g/mol. The lowest BCUT2D eigenvalue weighted by atomic mass is 9.56. The average Bonchev–Trinajstić information content (AvgIpc) is 3.23. The Bertz CT molecular complexity index is 1560. The smallest absolute Gasteiger partial charge is 0.253 e. The Kier molecular flexibility index (Phi) is 6.02. The second kappa shape index (κ2) is 8.81. The summed E-state index contributed by atoms with van der Waals surface area (Å²) in [6.07, 6.45) is 2.08. The van der Waals surface area contributed by atoms with Crippen molar-refractivity contribution in [1.82, 2.24) is 4.90 Å². The van der Waals surface area contributed by atoms with Crippen LogP contribution >= 0.6 is 34.8 Å². The third-order valence-electron chi connectivity index (χ3n) is 9.27. The van der Waals surface area contributed by atoms with E-state index in [0.717, 1.165) is 10.5 Å². The van der Waals surface area contributed by atoms with Crippen LogP contribution < -0.4 is 4.90 Å². The third kappa shape index (κ3) is 3.31. The maximum absolute atomic E-state index is 14.0. The number of phenolic OH excluding ortho intramolecular Hbond substituents is 1. The molecule has 2 aliphatic carbocycles. The Morgan fingerprint density at radius 1 is 0.900 bits per heavy atom. The maximum Gasteiger partial charge on any atom is 0.253 e. The maximum atomic E-state index is 14.0. The predicted octanol–water partition coefficient (Wildman–Crippen LogP) is 5.16. The van der Waals surface area contributed by atoms with Gasteiger partial charge in [0.1, 0.15) is 5.75 Å². The van der Waals surface area contributed by atoms with Crippen molar-refractivity contribution in [2.24, 2.45) is 17.8 Å². The fourth-order valence-corrected chi connectivity index (χ4v) is 8.44. The molecule has 2 aliphatic heterocycles. The number of phenols is 1. The highest BCUT2D eigenvalue weighted by atomic mass is 35.5. The molecule has 0 bridgehead atoms. The van der Waals surface area contributed by atoms with E-state index in [1.165, 1.54) is 11.9 Å². The summed E-state index contributed by atoms with van der Waals surface area (Å²) in [5, 5.41) is 10.9. The number of imide groups is 2. The number of carbonyl (C=O) groups is 4. The minimum atomic E-state index is -1.86. The largest absolute Gasteiger partial charge is 0.507 e. The molecule has 6 unspecified atom stereocenters. The van der Waals surface area contributed by atoms with E-state index in [-0.39, 0.29) is 24.5 Å². The topological polar surface area (TPSA) is 95.0 Å². The van der Waals surface area contributed by atoms with Gasteiger partial charge >= 0.3 is 0 Å². The summed E-state index contributed by atoms with van der Waals surface area (Å²) in [6, 6.07) is 8.52. The lowest BCUT2D eigenvalue weighted by molar-refractivity contribution is -0.138. The second-order valence-corrected chi connectivity index (χ2v) is 13.1. The Morgan fingerprint density at radius 2 is 1.55 bits per heavy atom. The molecule has 6 atom stereocenters. The van der Waals surface area contributed by atoms with Crippen molar-refractivity contribution in [3.05, 3.63) is 69.3 Å². The molecular formula is C30H27Cl3N2O5. The number of amides is 4. The number of fused-ring (bicyclic) bond motifs is 4. The van der Waals surface area contributed by atoms with E-state index in [1.54, 1.807) is 44.2 Å². The van der Waals surface area contributed by atoms with Gasteiger partial charge in [0.15, 0.2) is 9.75 Å². The fourth-order valence-electron chi connectivity index (χ4n) is 7.25. The molecule has 1 N–H and O–H groups in total. The van der Waals surface area contributed by atoms with Gasteiger partial charge < -0.3 is 5.11 Å². The summed E-state index contributed by atoms with van der Waals surface area (Å²) in [5.74, 6) is -4.79. The van der Waals surface area contributed by atoms with E-state index >= 15 is 0 Å². The molecular weight excluding hydrogens is 575 g/mol. The monoisotopic (exact) mass is 600 g/mol. The highest BCUT2D eigenvalue weighted by Crippen LogP contribution is 2.65. The van der Waals surface area contributed by atoms with Crippen molar-refractivity contribution in [2.75, 3.05) is 11.9 Å². The zero-order chi connectivity index (χ0) is 29.0. The molecule has 1 saturated carbocycles. The van der Waals surface area contributed by atoms with Gasteiger partial charge in [0.2, 0.25) is 11.8 Å². The Hall–Kier alpha value is -2.87. The van der Waals surface area contributed by atoms with E-state index in [2.05, 4.69) is 0 Å². The number of rotatable bonds is 2. The number of nitrogens with zero attached hydrogens (tertiary/aromatic N) is 2. The summed E-state index contributed by atoms with van der Waals surface area (Å²) in [7, 11) is 1.36. The molecule has 0 radical (unpaired) electrons. The summed E-state index contributed by atoms with van der Waals surface area (Å²) >= 11 is 20.7. The van der Waals surface area contributed by atoms with Crippen LogP contribution in [-0.2, 0) is 19.2 Å². The number of aromatic hydroxyl groups is 1. The number of hydrogen-bond acceptors (Lipinski definition) is 5. The van der Waals surface area contributed by atoms with Gasteiger partial charge in [-0.05, 0) is 73.9 Å². The summed E-state index contributed by atoms with van der Waals surface area (Å²) < 4.78 is 0. The first-order chi connectivity index (χ1) is 18.7. The molecule has 2 saturated heterocycles. The molecule has 10 heteroatoms. The molecule has 0 aromatic heterocycles. The lowest BCUT2D eigenvalue weighted by Gasteiger charge is -2.51. The van der Waals surface area contributed by atoms with Crippen molar-refractivity contribution in [1.29, 1.82) is 0 Å². The number of benzene rings is 2. The standard InChI is InChI=1S/C30H27Cl3N2O5/c1-13-5-6-17(11-21(13)31)35-25(37)19-8-7-18-20(22(19)26(35)38)12-29(32)27(39)34(4)28(40)30(29,33)23(18)16-9-14(2)24(36)15(3)10-16/h5-7,9-11,19-20,22-23,36H,8,12H2,1-4H3. The first kappa shape index (κ1) is 27.3. The number of halogens is 3. The van der Waals surface area contributed by atoms with Crippen molar-refractivity contribution < 1.29 is 24.3 Å². The Morgan fingerprint density at radius 3 is 2.17 bits per heavy atom. The number of anilines is 1. The molecule has 2 aromatic carbocycles. The van der Waals surface area contributed by atoms with Crippen molar-refractivity contribution in [3.63, 3.8) is 0 Å². The minimum absolute atomic E-state index is 0.0754. The van der Waals surface area contributed by atoms with E-state index < -0.39 is 51.1 Å². The molecule has 0 spiro atoms. The summed E-state index contributed by atoms with van der Waals surface area (Å²) in [4.78, 5) is 53.4. The van der Waals surface area contributed by atoms with Crippen LogP contribution in [0.25, 0.3) is 0 Å². The molecule has 208 valence electrons. The van der Waals surface area contributed by atoms with Crippen LogP contribution in [0.15, 0.2) is 42.0 Å². The molecule has 6 rings (SSSR count).